The van der Waals surface area contributed by atoms with Gasteiger partial charge in [0.15, 0.2) is 5.03 Å². The molecule has 2 aromatic rings. The van der Waals surface area contributed by atoms with Crippen molar-refractivity contribution in [3.8, 4) is 0 Å². The zero-order chi connectivity index (χ0) is 14.0. The molecule has 104 valence electrons. The Kier molecular flexibility index (Phi) is 3.96. The van der Waals surface area contributed by atoms with Gasteiger partial charge in [-0.25, -0.2) is 18.4 Å². The first-order chi connectivity index (χ1) is 8.91. The summed E-state index contributed by atoms with van der Waals surface area (Å²) in [4.78, 5) is 8.18. The largest absolute Gasteiger partial charge is 0.333 e. The van der Waals surface area contributed by atoms with Gasteiger partial charge in [0.2, 0.25) is 0 Å². The number of halogens is 1. The highest BCUT2D eigenvalue weighted by molar-refractivity contribution is 8.13. The third-order valence-corrected chi connectivity index (χ3v) is 4.08. The summed E-state index contributed by atoms with van der Waals surface area (Å²) < 4.78 is 26.4. The van der Waals surface area contributed by atoms with Crippen molar-refractivity contribution < 1.29 is 8.42 Å². The van der Waals surface area contributed by atoms with Crippen molar-refractivity contribution in [3.63, 3.8) is 0 Å². The maximum Gasteiger partial charge on any atom is 0.280 e. The molecule has 0 aliphatic rings. The first-order valence-electron chi connectivity index (χ1n) is 5.90. The van der Waals surface area contributed by atoms with Crippen LogP contribution in [0.1, 0.15) is 18.6 Å². The standard InChI is InChI=1S/C11H15ClN4O2S/c1-3-10-14-11(19(12,17)18)8-16(10)7-6-15-5-4-13-9(15)2/h4-5,8H,3,6-7H2,1-2H3. The Labute approximate surface area is 116 Å². The molecule has 0 saturated heterocycles. The molecule has 0 aliphatic heterocycles. The fraction of sp³-hybridized carbons (Fsp3) is 0.455. The molecule has 0 N–H and O–H groups in total. The Balaban J connectivity index is 2.20. The highest BCUT2D eigenvalue weighted by Gasteiger charge is 2.17. The molecule has 0 radical (unpaired) electrons. The van der Waals surface area contributed by atoms with Crippen LogP contribution in [0.25, 0.3) is 0 Å². The summed E-state index contributed by atoms with van der Waals surface area (Å²) in [6.07, 6.45) is 5.75. The van der Waals surface area contributed by atoms with E-state index in [0.29, 0.717) is 25.3 Å². The second kappa shape index (κ2) is 5.34. The van der Waals surface area contributed by atoms with Gasteiger partial charge in [-0.1, -0.05) is 6.92 Å². The molecule has 0 aliphatic carbocycles. The summed E-state index contributed by atoms with van der Waals surface area (Å²) in [5.74, 6) is 1.63. The maximum absolute atomic E-state index is 11.3. The molecule has 8 heteroatoms. The summed E-state index contributed by atoms with van der Waals surface area (Å²) in [6, 6.07) is 0. The van der Waals surface area contributed by atoms with Crippen LogP contribution in [0.4, 0.5) is 0 Å². The lowest BCUT2D eigenvalue weighted by Gasteiger charge is -2.08. The Morgan fingerprint density at radius 2 is 2.00 bits per heavy atom. The van der Waals surface area contributed by atoms with Gasteiger partial charge in [-0.3, -0.25) is 0 Å². The fourth-order valence-electron chi connectivity index (χ4n) is 1.88. The van der Waals surface area contributed by atoms with E-state index in [1.807, 2.05) is 29.2 Å². The molecule has 0 spiro atoms. The highest BCUT2D eigenvalue weighted by Crippen LogP contribution is 2.15. The lowest BCUT2D eigenvalue weighted by Crippen LogP contribution is -2.09. The van der Waals surface area contributed by atoms with Crippen molar-refractivity contribution in [2.45, 2.75) is 38.4 Å². The number of rotatable bonds is 5. The predicted molar refractivity (Wildman–Crippen MR) is 71.6 cm³/mol. The van der Waals surface area contributed by atoms with Crippen molar-refractivity contribution in [3.05, 3.63) is 30.2 Å². The molecule has 2 rings (SSSR count). The predicted octanol–water partition coefficient (Wildman–Crippen LogP) is 1.58. The number of imidazole rings is 2. The smallest absolute Gasteiger partial charge is 0.280 e. The summed E-state index contributed by atoms with van der Waals surface area (Å²) in [5, 5.41) is -0.0895. The van der Waals surface area contributed by atoms with Gasteiger partial charge < -0.3 is 9.13 Å². The van der Waals surface area contributed by atoms with Crippen LogP contribution in [0.3, 0.4) is 0 Å². The second-order valence-corrected chi connectivity index (χ2v) is 6.66. The van der Waals surface area contributed by atoms with Crippen molar-refractivity contribution in [2.24, 2.45) is 0 Å². The SMILES string of the molecule is CCc1nc(S(=O)(=O)Cl)cn1CCn1ccnc1C. The van der Waals surface area contributed by atoms with E-state index in [-0.39, 0.29) is 5.03 Å². The van der Waals surface area contributed by atoms with E-state index >= 15 is 0 Å². The molecule has 0 atom stereocenters. The van der Waals surface area contributed by atoms with Gasteiger partial charge in [0.05, 0.1) is 0 Å². The molecule has 0 bridgehead atoms. The molecule has 0 saturated carbocycles. The minimum atomic E-state index is -3.77. The summed E-state index contributed by atoms with van der Waals surface area (Å²) >= 11 is 0. The summed E-state index contributed by atoms with van der Waals surface area (Å²) in [5.41, 5.74) is 0. The monoisotopic (exact) mass is 302 g/mol. The third kappa shape index (κ3) is 3.16. The first kappa shape index (κ1) is 14.1. The molecule has 6 nitrogen and oxygen atoms in total. The molecule has 0 amide bonds. The van der Waals surface area contributed by atoms with Crippen LogP contribution >= 0.6 is 10.7 Å². The van der Waals surface area contributed by atoms with Crippen LogP contribution in [0.5, 0.6) is 0 Å². The molecule has 19 heavy (non-hydrogen) atoms. The van der Waals surface area contributed by atoms with E-state index in [2.05, 4.69) is 9.97 Å². The van der Waals surface area contributed by atoms with E-state index in [1.54, 1.807) is 6.20 Å². The Morgan fingerprint density at radius 3 is 2.53 bits per heavy atom. The van der Waals surface area contributed by atoms with E-state index in [0.717, 1.165) is 5.82 Å². The zero-order valence-corrected chi connectivity index (χ0v) is 12.3. The minimum absolute atomic E-state index is 0.0895. The van der Waals surface area contributed by atoms with Crippen LogP contribution in [-0.2, 0) is 28.6 Å². The molecular formula is C11H15ClN4O2S. The van der Waals surface area contributed by atoms with Crippen LogP contribution in [0.15, 0.2) is 23.6 Å². The third-order valence-electron chi connectivity index (χ3n) is 2.91. The first-order valence-corrected chi connectivity index (χ1v) is 8.21. The van der Waals surface area contributed by atoms with Gasteiger partial charge in [-0.15, -0.1) is 0 Å². The molecule has 0 unspecified atom stereocenters. The Morgan fingerprint density at radius 1 is 1.32 bits per heavy atom. The topological polar surface area (TPSA) is 69.8 Å². The van der Waals surface area contributed by atoms with Crippen molar-refractivity contribution in [1.29, 1.82) is 0 Å². The van der Waals surface area contributed by atoms with Gasteiger partial charge in [-0.05, 0) is 6.92 Å². The Bertz CT molecular complexity index is 675. The van der Waals surface area contributed by atoms with Crippen molar-refractivity contribution >= 4 is 19.7 Å². The van der Waals surface area contributed by atoms with Crippen LogP contribution in [0.2, 0.25) is 0 Å². The van der Waals surface area contributed by atoms with Crippen LogP contribution < -0.4 is 0 Å². The number of hydrogen-bond acceptors (Lipinski definition) is 4. The van der Waals surface area contributed by atoms with E-state index in [1.165, 1.54) is 6.20 Å². The maximum atomic E-state index is 11.3. The lowest BCUT2D eigenvalue weighted by molar-refractivity contribution is 0.551. The van der Waals surface area contributed by atoms with Crippen LogP contribution in [-0.4, -0.2) is 27.5 Å². The Hall–Kier alpha value is -1.34. The van der Waals surface area contributed by atoms with Gasteiger partial charge in [0.25, 0.3) is 9.05 Å². The van der Waals surface area contributed by atoms with E-state index in [9.17, 15) is 8.42 Å². The lowest BCUT2D eigenvalue weighted by atomic mass is 10.4. The molecule has 0 fully saturated rings. The molecule has 2 heterocycles. The number of aryl methyl sites for hydroxylation is 4. The number of aromatic nitrogens is 4. The molecular weight excluding hydrogens is 288 g/mol. The van der Waals surface area contributed by atoms with Gasteiger partial charge in [0, 0.05) is 48.8 Å². The number of hydrogen-bond donors (Lipinski definition) is 0. The zero-order valence-electron chi connectivity index (χ0n) is 10.7. The molecule has 0 aromatic carbocycles. The quantitative estimate of drug-likeness (QED) is 0.786. The highest BCUT2D eigenvalue weighted by atomic mass is 35.7. The van der Waals surface area contributed by atoms with Crippen LogP contribution in [0, 0.1) is 6.92 Å². The number of nitrogens with zero attached hydrogens (tertiary/aromatic N) is 4. The van der Waals surface area contributed by atoms with Gasteiger partial charge in [0.1, 0.15) is 11.6 Å². The van der Waals surface area contributed by atoms with Crippen molar-refractivity contribution in [1.82, 2.24) is 19.1 Å². The summed E-state index contributed by atoms with van der Waals surface area (Å²) in [6.45, 7) is 5.17. The average molecular weight is 303 g/mol. The minimum Gasteiger partial charge on any atom is -0.333 e. The van der Waals surface area contributed by atoms with E-state index < -0.39 is 9.05 Å². The second-order valence-electron chi connectivity index (χ2n) is 4.15. The summed E-state index contributed by atoms with van der Waals surface area (Å²) in [7, 11) is 1.53. The fourth-order valence-corrected chi connectivity index (χ4v) is 2.57. The molecule has 2 aromatic heterocycles. The van der Waals surface area contributed by atoms with Gasteiger partial charge in [-0.2, -0.15) is 0 Å². The van der Waals surface area contributed by atoms with Gasteiger partial charge >= 0.3 is 0 Å². The normalized spacial score (nSPS) is 11.9. The van der Waals surface area contributed by atoms with E-state index in [4.69, 9.17) is 10.7 Å². The average Bonchev–Trinajstić information content (AvgIpc) is 2.91. The van der Waals surface area contributed by atoms with Crippen molar-refractivity contribution in [2.75, 3.05) is 0 Å².